The van der Waals surface area contributed by atoms with Gasteiger partial charge >= 0.3 is 0 Å². The van der Waals surface area contributed by atoms with Crippen LogP contribution < -0.4 is 10.9 Å². The molecule has 2 aromatic heterocycles. The summed E-state index contributed by atoms with van der Waals surface area (Å²) in [4.78, 5) is 45.1. The van der Waals surface area contributed by atoms with E-state index < -0.39 is 11.5 Å². The van der Waals surface area contributed by atoms with Gasteiger partial charge in [-0.15, -0.1) is 11.3 Å². The first kappa shape index (κ1) is 22.1. The van der Waals surface area contributed by atoms with Gasteiger partial charge in [-0.05, 0) is 28.9 Å². The molecular weight excluding hydrogens is 422 g/mol. The van der Waals surface area contributed by atoms with Crippen molar-refractivity contribution in [2.24, 2.45) is 5.41 Å². The zero-order valence-electron chi connectivity index (χ0n) is 19.0. The lowest BCUT2D eigenvalue weighted by Crippen LogP contribution is -2.32. The Morgan fingerprint density at radius 3 is 2.47 bits per heavy atom. The zero-order chi connectivity index (χ0) is 23.3. The molecule has 1 aliphatic rings. The number of H-pyrrole nitrogens is 1. The molecule has 1 aliphatic carbocycles. The first-order valence-electron chi connectivity index (χ1n) is 10.6. The fourth-order valence-corrected chi connectivity index (χ4v) is 4.68. The Labute approximate surface area is 191 Å². The van der Waals surface area contributed by atoms with Crippen molar-refractivity contribution >= 4 is 28.2 Å². The van der Waals surface area contributed by atoms with Crippen molar-refractivity contribution in [3.8, 4) is 11.3 Å². The second-order valence-electron chi connectivity index (χ2n) is 10.2. The van der Waals surface area contributed by atoms with Gasteiger partial charge in [0.15, 0.2) is 10.9 Å². The van der Waals surface area contributed by atoms with Crippen molar-refractivity contribution in [2.75, 3.05) is 5.32 Å². The lowest BCUT2D eigenvalue weighted by Gasteiger charge is -2.29. The number of benzene rings is 1. The molecule has 4 rings (SSSR count). The molecule has 0 spiro atoms. The topological polar surface area (TPSA) is 91.9 Å². The Morgan fingerprint density at radius 2 is 1.81 bits per heavy atom. The molecule has 0 fully saturated rings. The van der Waals surface area contributed by atoms with Gasteiger partial charge in [0.25, 0.3) is 11.5 Å². The lowest BCUT2D eigenvalue weighted by atomic mass is 9.75. The first-order valence-corrected chi connectivity index (χ1v) is 11.5. The summed E-state index contributed by atoms with van der Waals surface area (Å²) in [5.74, 6) is -0.632. The molecule has 0 bridgehead atoms. The molecule has 1 aromatic carbocycles. The van der Waals surface area contributed by atoms with Gasteiger partial charge in [-0.25, -0.2) is 4.98 Å². The Morgan fingerprint density at radius 1 is 1.12 bits per heavy atom. The molecule has 0 radical (unpaired) electrons. The van der Waals surface area contributed by atoms with E-state index in [1.807, 2.05) is 31.4 Å². The highest BCUT2D eigenvalue weighted by atomic mass is 32.1. The van der Waals surface area contributed by atoms with Gasteiger partial charge < -0.3 is 4.98 Å². The Bertz CT molecular complexity index is 1260. The molecule has 3 aromatic rings. The second-order valence-corrected chi connectivity index (χ2v) is 11.0. The number of aromatic amines is 1. The van der Waals surface area contributed by atoms with Gasteiger partial charge in [0.2, 0.25) is 0 Å². The summed E-state index contributed by atoms with van der Waals surface area (Å²) in [7, 11) is 0. The molecule has 0 atom stereocenters. The maximum Gasteiger partial charge on any atom is 0.263 e. The maximum atomic E-state index is 12.8. The van der Waals surface area contributed by atoms with Gasteiger partial charge in [-0.1, -0.05) is 58.9 Å². The normalized spacial score (nSPS) is 15.3. The molecule has 2 heterocycles. The number of carbonyl (C=O) groups excluding carboxylic acids is 2. The third-order valence-electron chi connectivity index (χ3n) is 5.73. The van der Waals surface area contributed by atoms with E-state index in [9.17, 15) is 14.4 Å². The molecule has 0 unspecified atom stereocenters. The number of fused-ring (bicyclic) bond motifs is 1. The van der Waals surface area contributed by atoms with Gasteiger partial charge in [0, 0.05) is 28.6 Å². The molecule has 32 heavy (non-hydrogen) atoms. The quantitative estimate of drug-likeness (QED) is 0.575. The van der Waals surface area contributed by atoms with Crippen LogP contribution in [0.5, 0.6) is 0 Å². The summed E-state index contributed by atoms with van der Waals surface area (Å²) in [5, 5.41) is 4.96. The van der Waals surface area contributed by atoms with Crippen LogP contribution in [0, 0.1) is 5.41 Å². The smallest absolute Gasteiger partial charge is 0.263 e. The number of amides is 1. The van der Waals surface area contributed by atoms with Crippen LogP contribution in [0.1, 0.15) is 73.0 Å². The average Bonchev–Trinajstić information content (AvgIpc) is 3.14. The first-order chi connectivity index (χ1) is 14.9. The van der Waals surface area contributed by atoms with Gasteiger partial charge in [-0.3, -0.25) is 19.7 Å². The van der Waals surface area contributed by atoms with Crippen LogP contribution in [-0.4, -0.2) is 21.7 Å². The summed E-state index contributed by atoms with van der Waals surface area (Å²) in [6, 6.07) is 9.61. The number of hydrogen-bond donors (Lipinski definition) is 2. The number of nitrogens with one attached hydrogen (secondary N) is 2. The van der Waals surface area contributed by atoms with E-state index in [1.165, 1.54) is 23.0 Å². The fourth-order valence-electron chi connectivity index (χ4n) is 3.97. The van der Waals surface area contributed by atoms with Crippen LogP contribution in [0.25, 0.3) is 11.3 Å². The zero-order valence-corrected chi connectivity index (χ0v) is 19.8. The third-order valence-corrected chi connectivity index (χ3v) is 6.49. The minimum absolute atomic E-state index is 0.0585. The van der Waals surface area contributed by atoms with Gasteiger partial charge in [0.05, 0.1) is 5.69 Å². The number of anilines is 1. The van der Waals surface area contributed by atoms with Gasteiger partial charge in [0.1, 0.15) is 5.56 Å². The van der Waals surface area contributed by atoms with Crippen LogP contribution in [0.3, 0.4) is 0 Å². The molecule has 166 valence electrons. The molecule has 0 saturated carbocycles. The standard InChI is InChI=1S/C25H27N3O3S/c1-24(2,3)15-8-6-14(7-9-15)19-13-32-23(27-19)28-22(31)17-10-16-18(26-21(17)30)11-25(4,5)12-20(16)29/h6-10,13H,11-12H2,1-5H3,(H,26,30)(H,27,28,31). The fraction of sp³-hybridized carbons (Fsp3) is 0.360. The minimum Gasteiger partial charge on any atom is -0.325 e. The largest absolute Gasteiger partial charge is 0.325 e. The van der Waals surface area contributed by atoms with Crippen LogP contribution in [0.2, 0.25) is 0 Å². The van der Waals surface area contributed by atoms with Crippen molar-refractivity contribution < 1.29 is 9.59 Å². The molecule has 1 amide bonds. The highest BCUT2D eigenvalue weighted by Gasteiger charge is 2.32. The summed E-state index contributed by atoms with van der Waals surface area (Å²) in [6.45, 7) is 10.5. The summed E-state index contributed by atoms with van der Waals surface area (Å²) in [5.41, 5.74) is 3.24. The Balaban J connectivity index is 1.55. The number of aromatic nitrogens is 2. The predicted molar refractivity (Wildman–Crippen MR) is 128 cm³/mol. The molecular formula is C25H27N3O3S. The number of ketones is 1. The van der Waals surface area contributed by atoms with E-state index in [4.69, 9.17) is 0 Å². The highest BCUT2D eigenvalue weighted by molar-refractivity contribution is 7.14. The Hall–Kier alpha value is -3.06. The molecule has 6 nitrogen and oxygen atoms in total. The van der Waals surface area contributed by atoms with Crippen LogP contribution in [0.15, 0.2) is 40.5 Å². The number of hydrogen-bond acceptors (Lipinski definition) is 5. The van der Waals surface area contributed by atoms with E-state index in [0.717, 1.165) is 11.3 Å². The average molecular weight is 450 g/mol. The monoisotopic (exact) mass is 449 g/mol. The molecule has 0 aliphatic heterocycles. The molecule has 2 N–H and O–H groups in total. The maximum absolute atomic E-state index is 12.8. The van der Waals surface area contributed by atoms with Crippen molar-refractivity contribution in [3.63, 3.8) is 0 Å². The van der Waals surface area contributed by atoms with Crippen LogP contribution in [-0.2, 0) is 11.8 Å². The molecule has 0 saturated heterocycles. The number of carbonyl (C=O) groups is 2. The van der Waals surface area contributed by atoms with E-state index >= 15 is 0 Å². The highest BCUT2D eigenvalue weighted by Crippen LogP contribution is 2.33. The van der Waals surface area contributed by atoms with E-state index in [-0.39, 0.29) is 22.2 Å². The third kappa shape index (κ3) is 4.43. The number of thiazole rings is 1. The summed E-state index contributed by atoms with van der Waals surface area (Å²) in [6.07, 6.45) is 0.978. The number of nitrogens with zero attached hydrogens (tertiary/aromatic N) is 1. The molecule has 7 heteroatoms. The summed E-state index contributed by atoms with van der Waals surface area (Å²) >= 11 is 1.29. The number of rotatable bonds is 3. The SMILES string of the molecule is CC1(C)CC(=O)c2cc(C(=O)Nc3nc(-c4ccc(C(C)(C)C)cc4)cs3)c(=O)[nH]c2C1. The van der Waals surface area contributed by atoms with Crippen molar-refractivity contribution in [1.29, 1.82) is 0 Å². The van der Waals surface area contributed by atoms with E-state index in [1.54, 1.807) is 0 Å². The van der Waals surface area contributed by atoms with Crippen LogP contribution >= 0.6 is 11.3 Å². The van der Waals surface area contributed by atoms with Gasteiger partial charge in [-0.2, -0.15) is 0 Å². The van der Waals surface area contributed by atoms with E-state index in [2.05, 4.69) is 48.2 Å². The summed E-state index contributed by atoms with van der Waals surface area (Å²) < 4.78 is 0. The van der Waals surface area contributed by atoms with Crippen molar-refractivity contribution in [3.05, 3.63) is 68.4 Å². The Kier molecular flexibility index (Phi) is 5.41. The van der Waals surface area contributed by atoms with Crippen molar-refractivity contribution in [1.82, 2.24) is 9.97 Å². The van der Waals surface area contributed by atoms with E-state index in [0.29, 0.717) is 29.2 Å². The second kappa shape index (κ2) is 7.81. The predicted octanol–water partition coefficient (Wildman–Crippen LogP) is 5.20. The van der Waals surface area contributed by atoms with Crippen molar-refractivity contribution in [2.45, 2.75) is 52.9 Å². The van der Waals surface area contributed by atoms with Crippen LogP contribution in [0.4, 0.5) is 5.13 Å². The number of pyridine rings is 1. The number of Topliss-reactive ketones (excluding diaryl/α,β-unsaturated/α-hetero) is 1. The minimum atomic E-state index is -0.573. The lowest BCUT2D eigenvalue weighted by molar-refractivity contribution is 0.0910.